The molecule has 3 rings (SSSR count). The second-order valence-corrected chi connectivity index (χ2v) is 7.40. The van der Waals surface area contributed by atoms with Crippen LogP contribution in [-0.2, 0) is 11.4 Å². The van der Waals surface area contributed by atoms with E-state index >= 15 is 0 Å². The Balaban J connectivity index is 1.51. The Morgan fingerprint density at radius 3 is 2.47 bits per heavy atom. The first-order chi connectivity index (χ1) is 14.6. The van der Waals surface area contributed by atoms with Crippen molar-refractivity contribution in [2.24, 2.45) is 5.92 Å². The van der Waals surface area contributed by atoms with Crippen molar-refractivity contribution in [1.82, 2.24) is 0 Å². The van der Waals surface area contributed by atoms with Gasteiger partial charge in [-0.25, -0.2) is 0 Å². The minimum absolute atomic E-state index is 0.140. The topological polar surface area (TPSA) is 59.6 Å². The number of nitrogens with one attached hydrogen (secondary N) is 2. The summed E-state index contributed by atoms with van der Waals surface area (Å²) < 4.78 is 11.6. The molecule has 0 aromatic heterocycles. The molecule has 3 aromatic rings. The minimum atomic E-state index is -0.147. The van der Waals surface area contributed by atoms with E-state index in [1.807, 2.05) is 78.9 Å². The highest BCUT2D eigenvalue weighted by Crippen LogP contribution is 2.24. The molecular weight excluding hydrogens is 376 g/mol. The number of benzene rings is 3. The number of anilines is 2. The van der Waals surface area contributed by atoms with Crippen molar-refractivity contribution in [1.29, 1.82) is 0 Å². The molecule has 30 heavy (non-hydrogen) atoms. The average Bonchev–Trinajstić information content (AvgIpc) is 2.77. The standard InChI is InChI=1S/C25H28N2O3/c1-19(2)17-30-24-14-7-6-13-23(24)27-25(28)16-26-21-11-8-12-22(15-21)29-18-20-9-4-3-5-10-20/h3-15,19,26H,16-18H2,1-2H3,(H,27,28). The lowest BCUT2D eigenvalue weighted by atomic mass is 10.2. The normalized spacial score (nSPS) is 10.5. The Hall–Kier alpha value is -3.47. The lowest BCUT2D eigenvalue weighted by molar-refractivity contribution is -0.114. The highest BCUT2D eigenvalue weighted by atomic mass is 16.5. The number of carbonyl (C=O) groups is 1. The second-order valence-electron chi connectivity index (χ2n) is 7.40. The van der Waals surface area contributed by atoms with Crippen LogP contribution in [0.5, 0.6) is 11.5 Å². The van der Waals surface area contributed by atoms with Crippen molar-refractivity contribution >= 4 is 17.3 Å². The lowest BCUT2D eigenvalue weighted by Crippen LogP contribution is -2.22. The highest BCUT2D eigenvalue weighted by Gasteiger charge is 2.08. The summed E-state index contributed by atoms with van der Waals surface area (Å²) in [6.45, 7) is 5.41. The zero-order valence-electron chi connectivity index (χ0n) is 17.4. The molecule has 0 saturated carbocycles. The van der Waals surface area contributed by atoms with Gasteiger partial charge in [-0.05, 0) is 35.7 Å². The van der Waals surface area contributed by atoms with Gasteiger partial charge in [0.15, 0.2) is 0 Å². The summed E-state index contributed by atoms with van der Waals surface area (Å²) in [4.78, 5) is 12.4. The van der Waals surface area contributed by atoms with Gasteiger partial charge in [0.2, 0.25) is 5.91 Å². The maximum atomic E-state index is 12.4. The van der Waals surface area contributed by atoms with Crippen LogP contribution in [0.4, 0.5) is 11.4 Å². The fourth-order valence-corrected chi connectivity index (χ4v) is 2.77. The van der Waals surface area contributed by atoms with Gasteiger partial charge in [-0.2, -0.15) is 0 Å². The summed E-state index contributed by atoms with van der Waals surface area (Å²) in [7, 11) is 0. The van der Waals surface area contributed by atoms with Gasteiger partial charge in [0.05, 0.1) is 18.8 Å². The van der Waals surface area contributed by atoms with Gasteiger partial charge in [0.1, 0.15) is 18.1 Å². The molecule has 2 N–H and O–H groups in total. The number of para-hydroxylation sites is 2. The van der Waals surface area contributed by atoms with Crippen molar-refractivity contribution in [3.8, 4) is 11.5 Å². The first-order valence-electron chi connectivity index (χ1n) is 10.1. The largest absolute Gasteiger partial charge is 0.491 e. The molecule has 5 nitrogen and oxygen atoms in total. The van der Waals surface area contributed by atoms with Crippen molar-refractivity contribution in [2.75, 3.05) is 23.8 Å². The molecule has 0 aliphatic carbocycles. The van der Waals surface area contributed by atoms with Crippen molar-refractivity contribution in [3.05, 3.63) is 84.4 Å². The molecule has 1 amide bonds. The highest BCUT2D eigenvalue weighted by molar-refractivity contribution is 5.95. The van der Waals surface area contributed by atoms with Gasteiger partial charge in [0, 0.05) is 11.8 Å². The smallest absolute Gasteiger partial charge is 0.243 e. The third kappa shape index (κ3) is 6.85. The molecule has 156 valence electrons. The molecule has 5 heteroatoms. The number of ether oxygens (including phenoxy) is 2. The first kappa shape index (κ1) is 21.2. The van der Waals surface area contributed by atoms with E-state index in [1.54, 1.807) is 0 Å². The summed E-state index contributed by atoms with van der Waals surface area (Å²) in [5, 5.41) is 6.05. The number of hydrogen-bond acceptors (Lipinski definition) is 4. The van der Waals surface area contributed by atoms with E-state index in [1.165, 1.54) is 0 Å². The van der Waals surface area contributed by atoms with Gasteiger partial charge in [-0.3, -0.25) is 4.79 Å². The molecule has 0 heterocycles. The minimum Gasteiger partial charge on any atom is -0.491 e. The van der Waals surface area contributed by atoms with Crippen LogP contribution in [0.3, 0.4) is 0 Å². The first-order valence-corrected chi connectivity index (χ1v) is 10.1. The van der Waals surface area contributed by atoms with Crippen LogP contribution in [0, 0.1) is 5.92 Å². The van der Waals surface area contributed by atoms with E-state index < -0.39 is 0 Å². The molecule has 0 spiro atoms. The van der Waals surface area contributed by atoms with E-state index in [2.05, 4.69) is 24.5 Å². The monoisotopic (exact) mass is 404 g/mol. The fourth-order valence-electron chi connectivity index (χ4n) is 2.77. The van der Waals surface area contributed by atoms with Crippen LogP contribution in [0.15, 0.2) is 78.9 Å². The summed E-state index contributed by atoms with van der Waals surface area (Å²) in [6.07, 6.45) is 0. The van der Waals surface area contributed by atoms with Crippen molar-refractivity contribution < 1.29 is 14.3 Å². The van der Waals surface area contributed by atoms with E-state index in [9.17, 15) is 4.79 Å². The van der Waals surface area contributed by atoms with Crippen molar-refractivity contribution in [3.63, 3.8) is 0 Å². The third-order valence-corrected chi connectivity index (χ3v) is 4.27. The Labute approximate surface area is 178 Å². The van der Waals surface area contributed by atoms with Gasteiger partial charge in [-0.1, -0.05) is 62.4 Å². The van der Waals surface area contributed by atoms with Crippen LogP contribution >= 0.6 is 0 Å². The van der Waals surface area contributed by atoms with E-state index in [0.29, 0.717) is 30.6 Å². The Morgan fingerprint density at radius 2 is 1.67 bits per heavy atom. The molecule has 3 aromatic carbocycles. The summed E-state index contributed by atoms with van der Waals surface area (Å²) in [6, 6.07) is 25.1. The molecular formula is C25H28N2O3. The Morgan fingerprint density at radius 1 is 0.900 bits per heavy atom. The maximum Gasteiger partial charge on any atom is 0.243 e. The number of carbonyl (C=O) groups excluding carboxylic acids is 1. The predicted molar refractivity (Wildman–Crippen MR) is 121 cm³/mol. The fraction of sp³-hybridized carbons (Fsp3) is 0.240. The van der Waals surface area contributed by atoms with E-state index in [0.717, 1.165) is 17.0 Å². The molecule has 0 unspecified atom stereocenters. The number of amides is 1. The van der Waals surface area contributed by atoms with Crippen LogP contribution in [0.25, 0.3) is 0 Å². The second kappa shape index (κ2) is 10.9. The van der Waals surface area contributed by atoms with Crippen LogP contribution in [0.1, 0.15) is 19.4 Å². The number of hydrogen-bond donors (Lipinski definition) is 2. The van der Waals surface area contributed by atoms with Gasteiger partial charge in [-0.15, -0.1) is 0 Å². The van der Waals surface area contributed by atoms with Gasteiger partial charge < -0.3 is 20.1 Å². The van der Waals surface area contributed by atoms with E-state index in [4.69, 9.17) is 9.47 Å². The van der Waals surface area contributed by atoms with Gasteiger partial charge >= 0.3 is 0 Å². The zero-order chi connectivity index (χ0) is 21.2. The quantitative estimate of drug-likeness (QED) is 0.478. The van der Waals surface area contributed by atoms with E-state index in [-0.39, 0.29) is 12.5 Å². The SMILES string of the molecule is CC(C)COc1ccccc1NC(=O)CNc1cccc(OCc2ccccc2)c1. The van der Waals surface area contributed by atoms with Gasteiger partial charge in [0.25, 0.3) is 0 Å². The molecule has 0 atom stereocenters. The number of rotatable bonds is 10. The molecule has 0 aliphatic rings. The van der Waals surface area contributed by atoms with Crippen LogP contribution < -0.4 is 20.1 Å². The molecule has 0 aliphatic heterocycles. The zero-order valence-corrected chi connectivity index (χ0v) is 17.4. The van der Waals surface area contributed by atoms with Crippen LogP contribution in [0.2, 0.25) is 0 Å². The summed E-state index contributed by atoms with van der Waals surface area (Å²) >= 11 is 0. The third-order valence-electron chi connectivity index (χ3n) is 4.27. The Kier molecular flexibility index (Phi) is 7.72. The Bertz CT molecular complexity index is 942. The molecule has 0 radical (unpaired) electrons. The predicted octanol–water partition coefficient (Wildman–Crippen LogP) is 5.35. The summed E-state index contributed by atoms with van der Waals surface area (Å²) in [5.74, 6) is 1.69. The summed E-state index contributed by atoms with van der Waals surface area (Å²) in [5.41, 5.74) is 2.60. The molecule has 0 saturated heterocycles. The maximum absolute atomic E-state index is 12.4. The average molecular weight is 405 g/mol. The van der Waals surface area contributed by atoms with Crippen molar-refractivity contribution in [2.45, 2.75) is 20.5 Å². The lowest BCUT2D eigenvalue weighted by Gasteiger charge is -2.14. The van der Waals surface area contributed by atoms with Crippen LogP contribution in [-0.4, -0.2) is 19.1 Å². The molecule has 0 bridgehead atoms. The molecule has 0 fully saturated rings.